The van der Waals surface area contributed by atoms with E-state index in [1.807, 2.05) is 6.92 Å². The molecule has 1 N–H and O–H groups in total. The highest BCUT2D eigenvalue weighted by molar-refractivity contribution is 5.73. The van der Waals surface area contributed by atoms with E-state index in [1.54, 1.807) is 11.6 Å². The van der Waals surface area contributed by atoms with Gasteiger partial charge < -0.3 is 5.11 Å². The minimum Gasteiger partial charge on any atom is -0.481 e. The maximum atomic E-state index is 11.2. The topological polar surface area (TPSA) is 80.9 Å². The van der Waals surface area contributed by atoms with Crippen LogP contribution in [0.3, 0.4) is 0 Å². The summed E-state index contributed by atoms with van der Waals surface area (Å²) in [6.07, 6.45) is 2.78. The first-order valence-electron chi connectivity index (χ1n) is 5.56. The molecule has 6 nitrogen and oxygen atoms in total. The monoisotopic (exact) mass is 224 g/mol. The van der Waals surface area contributed by atoms with Gasteiger partial charge >= 0.3 is 5.97 Å². The Kier molecular flexibility index (Phi) is 2.65. The van der Waals surface area contributed by atoms with Crippen LogP contribution in [-0.2, 0) is 11.3 Å². The van der Waals surface area contributed by atoms with E-state index in [9.17, 15) is 9.90 Å². The summed E-state index contributed by atoms with van der Waals surface area (Å²) < 4.78 is 1.65. The van der Waals surface area contributed by atoms with Crippen LogP contribution in [0, 0.1) is 5.41 Å². The predicted octanol–water partition coefficient (Wildman–Crippen LogP) is 1.05. The second-order valence-corrected chi connectivity index (χ2v) is 4.69. The molecule has 0 aromatic carbocycles. The van der Waals surface area contributed by atoms with Gasteiger partial charge in [-0.15, -0.1) is 5.10 Å². The molecule has 1 saturated carbocycles. The summed E-state index contributed by atoms with van der Waals surface area (Å²) in [6, 6.07) is 0. The van der Waals surface area contributed by atoms with E-state index in [2.05, 4.69) is 15.5 Å². The molecule has 88 valence electrons. The Labute approximate surface area is 93.6 Å². The van der Waals surface area contributed by atoms with E-state index >= 15 is 0 Å². The fraction of sp³-hybridized carbons (Fsp3) is 0.800. The van der Waals surface area contributed by atoms with Crippen molar-refractivity contribution in [2.75, 3.05) is 0 Å². The van der Waals surface area contributed by atoms with Crippen LogP contribution in [0.2, 0.25) is 0 Å². The summed E-state index contributed by atoms with van der Waals surface area (Å²) in [5.41, 5.74) is -0.793. The Morgan fingerprint density at radius 3 is 2.81 bits per heavy atom. The van der Waals surface area contributed by atoms with Gasteiger partial charge in [0, 0.05) is 5.92 Å². The highest BCUT2D eigenvalue weighted by Gasteiger charge is 2.36. The Morgan fingerprint density at radius 2 is 2.31 bits per heavy atom. The maximum Gasteiger partial charge on any atom is 0.311 e. The van der Waals surface area contributed by atoms with Crippen LogP contribution in [0.1, 0.15) is 44.9 Å². The van der Waals surface area contributed by atoms with Gasteiger partial charge in [0.2, 0.25) is 0 Å². The van der Waals surface area contributed by atoms with Gasteiger partial charge in [0.1, 0.15) is 0 Å². The van der Waals surface area contributed by atoms with Crippen LogP contribution in [-0.4, -0.2) is 31.3 Å². The molecule has 0 aliphatic heterocycles. The lowest BCUT2D eigenvalue weighted by molar-refractivity contribution is -0.149. The molecule has 1 fully saturated rings. The molecule has 1 heterocycles. The number of carboxylic acids is 1. The molecule has 0 saturated heterocycles. The number of aliphatic carboxylic acids is 1. The number of nitrogens with zero attached hydrogens (tertiary/aromatic N) is 4. The molecule has 1 unspecified atom stereocenters. The molecule has 1 aliphatic carbocycles. The molecule has 1 aliphatic rings. The van der Waals surface area contributed by atoms with Gasteiger partial charge in [-0.1, -0.05) is 6.92 Å². The van der Waals surface area contributed by atoms with Gasteiger partial charge in [0.05, 0.1) is 12.0 Å². The van der Waals surface area contributed by atoms with E-state index in [4.69, 9.17) is 0 Å². The van der Waals surface area contributed by atoms with Gasteiger partial charge in [-0.2, -0.15) is 0 Å². The Hall–Kier alpha value is -1.46. The first kappa shape index (κ1) is 11.0. The van der Waals surface area contributed by atoms with Crippen molar-refractivity contribution >= 4 is 5.97 Å². The van der Waals surface area contributed by atoms with Crippen molar-refractivity contribution in [2.24, 2.45) is 5.41 Å². The average molecular weight is 224 g/mol. The number of carbonyl (C=O) groups is 1. The van der Waals surface area contributed by atoms with Crippen LogP contribution >= 0.6 is 0 Å². The second kappa shape index (κ2) is 3.84. The summed E-state index contributed by atoms with van der Waals surface area (Å²) in [5.74, 6) is 0.470. The second-order valence-electron chi connectivity index (χ2n) is 4.69. The van der Waals surface area contributed by atoms with Crippen molar-refractivity contribution in [3.05, 3.63) is 5.82 Å². The average Bonchev–Trinajstić information content (AvgIpc) is 3.00. The molecule has 16 heavy (non-hydrogen) atoms. The zero-order valence-corrected chi connectivity index (χ0v) is 9.55. The van der Waals surface area contributed by atoms with Crippen LogP contribution in [0.5, 0.6) is 0 Å². The molecule has 1 atom stereocenters. The molecule has 0 amide bonds. The lowest BCUT2D eigenvalue weighted by atomic mass is 9.88. The van der Waals surface area contributed by atoms with Crippen molar-refractivity contribution in [1.82, 2.24) is 20.2 Å². The fourth-order valence-electron chi connectivity index (χ4n) is 1.62. The Morgan fingerprint density at radius 1 is 1.62 bits per heavy atom. The van der Waals surface area contributed by atoms with E-state index in [1.165, 1.54) is 0 Å². The molecule has 0 radical (unpaired) electrons. The normalized spacial score (nSPS) is 19.4. The molecule has 6 heteroatoms. The van der Waals surface area contributed by atoms with Crippen molar-refractivity contribution in [3.63, 3.8) is 0 Å². The highest BCUT2D eigenvalue weighted by atomic mass is 16.4. The predicted molar refractivity (Wildman–Crippen MR) is 55.8 cm³/mol. The van der Waals surface area contributed by atoms with E-state index in [0.717, 1.165) is 18.7 Å². The number of tetrazole rings is 1. The van der Waals surface area contributed by atoms with Crippen molar-refractivity contribution < 1.29 is 9.90 Å². The molecular formula is C10H16N4O2. The third kappa shape index (κ3) is 1.91. The van der Waals surface area contributed by atoms with Crippen molar-refractivity contribution in [3.8, 4) is 0 Å². The third-order valence-corrected chi connectivity index (χ3v) is 3.30. The number of carboxylic acid groups (broad SMARTS) is 1. The van der Waals surface area contributed by atoms with Crippen LogP contribution in [0.15, 0.2) is 0 Å². The maximum absolute atomic E-state index is 11.2. The van der Waals surface area contributed by atoms with Gasteiger partial charge in [-0.3, -0.25) is 4.79 Å². The van der Waals surface area contributed by atoms with Crippen molar-refractivity contribution in [1.29, 1.82) is 0 Å². The Balaban J connectivity index is 2.18. The molecule has 1 aromatic rings. The van der Waals surface area contributed by atoms with E-state index in [0.29, 0.717) is 18.9 Å². The van der Waals surface area contributed by atoms with Gasteiger partial charge in [-0.25, -0.2) is 4.68 Å². The minimum atomic E-state index is -0.799. The number of hydrogen-bond donors (Lipinski definition) is 1. The molecular weight excluding hydrogens is 208 g/mol. The smallest absolute Gasteiger partial charge is 0.311 e. The molecule has 1 aromatic heterocycles. The van der Waals surface area contributed by atoms with Crippen LogP contribution < -0.4 is 0 Å². The third-order valence-electron chi connectivity index (χ3n) is 3.30. The lowest BCUT2D eigenvalue weighted by Crippen LogP contribution is -2.33. The standard InChI is InChI=1S/C10H16N4O2/c1-3-10(2,9(15)16)6-14-8(7-4-5-7)11-12-13-14/h7H,3-6H2,1-2H3,(H,15,16). The summed E-state index contributed by atoms with van der Waals surface area (Å²) in [7, 11) is 0. The quantitative estimate of drug-likeness (QED) is 0.808. The van der Waals surface area contributed by atoms with Gasteiger partial charge in [0.15, 0.2) is 5.82 Å². The lowest BCUT2D eigenvalue weighted by Gasteiger charge is -2.22. The molecule has 0 spiro atoms. The van der Waals surface area contributed by atoms with E-state index in [-0.39, 0.29) is 0 Å². The van der Waals surface area contributed by atoms with Crippen LogP contribution in [0.4, 0.5) is 0 Å². The van der Waals surface area contributed by atoms with Gasteiger partial charge in [0.25, 0.3) is 0 Å². The summed E-state index contributed by atoms with van der Waals surface area (Å²) in [5, 5.41) is 20.7. The summed E-state index contributed by atoms with van der Waals surface area (Å²) >= 11 is 0. The number of hydrogen-bond acceptors (Lipinski definition) is 4. The highest BCUT2D eigenvalue weighted by Crippen LogP contribution is 2.39. The number of aromatic nitrogens is 4. The first-order chi connectivity index (χ1) is 7.57. The summed E-state index contributed by atoms with van der Waals surface area (Å²) in [6.45, 7) is 3.95. The van der Waals surface area contributed by atoms with E-state index < -0.39 is 11.4 Å². The zero-order valence-electron chi connectivity index (χ0n) is 9.55. The molecule has 0 bridgehead atoms. The largest absolute Gasteiger partial charge is 0.481 e. The van der Waals surface area contributed by atoms with Crippen LogP contribution in [0.25, 0.3) is 0 Å². The fourth-order valence-corrected chi connectivity index (χ4v) is 1.62. The SMILES string of the molecule is CCC(C)(Cn1nnnc1C1CC1)C(=O)O. The van der Waals surface area contributed by atoms with Gasteiger partial charge in [-0.05, 0) is 36.6 Å². The molecule has 2 rings (SSSR count). The van der Waals surface area contributed by atoms with Crippen molar-refractivity contribution in [2.45, 2.75) is 45.6 Å². The zero-order chi connectivity index (χ0) is 11.8. The minimum absolute atomic E-state index is 0.345. The Bertz CT molecular complexity index is 399. The summed E-state index contributed by atoms with van der Waals surface area (Å²) in [4.78, 5) is 11.2. The number of rotatable bonds is 5. The first-order valence-corrected chi connectivity index (χ1v) is 5.56.